The largest absolute Gasteiger partial charge is 0.398 e. The van der Waals surface area contributed by atoms with E-state index < -0.39 is 0 Å². The summed E-state index contributed by atoms with van der Waals surface area (Å²) < 4.78 is 0.890. The molecular weight excluding hydrogens is 316 g/mol. The molecule has 0 aromatic heterocycles. The average molecular weight is 334 g/mol. The lowest BCUT2D eigenvalue weighted by atomic mass is 10.1. The number of nitrogens with two attached hydrogens (primary N) is 1. The first-order valence-corrected chi connectivity index (χ1v) is 6.73. The Bertz CT molecular complexity index is 439. The molecule has 1 fully saturated rings. The lowest BCUT2D eigenvalue weighted by molar-refractivity contribution is 0.0930. The fraction of sp³-hybridized carbons (Fsp3) is 0.462. The Morgan fingerprint density at radius 2 is 2.17 bits per heavy atom. The number of hydrogen-bond donors (Lipinski definition) is 2. The van der Waals surface area contributed by atoms with Crippen LogP contribution in [-0.2, 0) is 0 Å². The molecule has 1 aliphatic rings. The van der Waals surface area contributed by atoms with E-state index in [2.05, 4.69) is 28.2 Å². The van der Waals surface area contributed by atoms with Crippen LogP contribution in [-0.4, -0.2) is 11.9 Å². The highest BCUT2D eigenvalue weighted by Gasteiger charge is 2.25. The molecule has 0 spiro atoms. The highest BCUT2D eigenvalue weighted by molar-refractivity contribution is 9.10. The lowest BCUT2D eigenvalue weighted by Crippen LogP contribution is -2.36. The zero-order valence-electron chi connectivity index (χ0n) is 10.3. The van der Waals surface area contributed by atoms with Crippen LogP contribution in [0.5, 0.6) is 0 Å². The molecule has 1 aromatic carbocycles. The van der Waals surface area contributed by atoms with Crippen LogP contribution >= 0.6 is 28.3 Å². The summed E-state index contributed by atoms with van der Waals surface area (Å²) in [4.78, 5) is 12.1. The van der Waals surface area contributed by atoms with Crippen molar-refractivity contribution in [3.63, 3.8) is 0 Å². The van der Waals surface area contributed by atoms with Gasteiger partial charge in [0.1, 0.15) is 0 Å². The van der Waals surface area contributed by atoms with Gasteiger partial charge in [-0.15, -0.1) is 12.4 Å². The van der Waals surface area contributed by atoms with Gasteiger partial charge in [-0.1, -0.05) is 29.3 Å². The minimum atomic E-state index is -0.0613. The predicted molar refractivity (Wildman–Crippen MR) is 80.1 cm³/mol. The summed E-state index contributed by atoms with van der Waals surface area (Å²) in [6.07, 6.45) is 3.46. The normalized spacial score (nSPS) is 22.3. The van der Waals surface area contributed by atoms with Gasteiger partial charge in [-0.2, -0.15) is 0 Å². The SMILES string of the molecule is CC1CCCC1NC(=O)c1ccc(Br)cc1N.Cl. The highest BCUT2D eigenvalue weighted by Crippen LogP contribution is 2.26. The minimum Gasteiger partial charge on any atom is -0.398 e. The van der Waals surface area contributed by atoms with Gasteiger partial charge in [-0.3, -0.25) is 4.79 Å². The zero-order valence-corrected chi connectivity index (χ0v) is 12.7. The second kappa shape index (κ2) is 6.43. The third-order valence-electron chi connectivity index (χ3n) is 3.44. The van der Waals surface area contributed by atoms with Crippen molar-refractivity contribution in [1.82, 2.24) is 5.32 Å². The maximum atomic E-state index is 12.1. The number of nitrogens with one attached hydrogen (secondary N) is 1. The molecule has 3 N–H and O–H groups in total. The van der Waals surface area contributed by atoms with Gasteiger partial charge in [0.2, 0.25) is 0 Å². The summed E-state index contributed by atoms with van der Waals surface area (Å²) in [5, 5.41) is 3.07. The van der Waals surface area contributed by atoms with Gasteiger partial charge in [0, 0.05) is 16.2 Å². The maximum Gasteiger partial charge on any atom is 0.253 e. The van der Waals surface area contributed by atoms with Crippen LogP contribution in [0.25, 0.3) is 0 Å². The highest BCUT2D eigenvalue weighted by atomic mass is 79.9. The summed E-state index contributed by atoms with van der Waals surface area (Å²) in [5.74, 6) is 0.504. The molecule has 0 saturated heterocycles. The van der Waals surface area contributed by atoms with E-state index in [4.69, 9.17) is 5.73 Å². The standard InChI is InChI=1S/C13H17BrN2O.ClH/c1-8-3-2-4-12(8)16-13(17)10-6-5-9(14)7-11(10)15;/h5-8,12H,2-4,15H2,1H3,(H,16,17);1H. The summed E-state index contributed by atoms with van der Waals surface area (Å²) in [6.45, 7) is 2.18. The third-order valence-corrected chi connectivity index (χ3v) is 3.93. The Kier molecular flexibility index (Phi) is 5.47. The molecule has 1 amide bonds. The summed E-state index contributed by atoms with van der Waals surface area (Å²) in [7, 11) is 0. The van der Waals surface area contributed by atoms with E-state index in [0.29, 0.717) is 23.2 Å². The molecule has 0 aliphatic heterocycles. The fourth-order valence-electron chi connectivity index (χ4n) is 2.35. The lowest BCUT2D eigenvalue weighted by Gasteiger charge is -2.17. The Morgan fingerprint density at radius 3 is 2.72 bits per heavy atom. The maximum absolute atomic E-state index is 12.1. The number of carbonyl (C=O) groups excluding carboxylic acids is 1. The van der Waals surface area contributed by atoms with Gasteiger partial charge < -0.3 is 11.1 Å². The van der Waals surface area contributed by atoms with Crippen molar-refractivity contribution in [3.8, 4) is 0 Å². The Hall–Kier alpha value is -0.740. The monoisotopic (exact) mass is 332 g/mol. The van der Waals surface area contributed by atoms with E-state index in [-0.39, 0.29) is 18.3 Å². The van der Waals surface area contributed by atoms with Gasteiger partial charge in [-0.25, -0.2) is 0 Å². The first-order valence-electron chi connectivity index (χ1n) is 5.94. The van der Waals surface area contributed by atoms with Gasteiger partial charge in [-0.05, 0) is 37.0 Å². The first kappa shape index (κ1) is 15.3. The van der Waals surface area contributed by atoms with E-state index in [9.17, 15) is 4.79 Å². The number of benzene rings is 1. The fourth-order valence-corrected chi connectivity index (χ4v) is 2.73. The van der Waals surface area contributed by atoms with Crippen molar-refractivity contribution in [2.45, 2.75) is 32.2 Å². The van der Waals surface area contributed by atoms with Crippen LogP contribution in [0.2, 0.25) is 0 Å². The van der Waals surface area contributed by atoms with Crippen molar-refractivity contribution in [3.05, 3.63) is 28.2 Å². The minimum absolute atomic E-state index is 0. The van der Waals surface area contributed by atoms with E-state index in [1.807, 2.05) is 6.07 Å². The van der Waals surface area contributed by atoms with Gasteiger partial charge in [0.15, 0.2) is 0 Å². The van der Waals surface area contributed by atoms with E-state index >= 15 is 0 Å². The van der Waals surface area contributed by atoms with Crippen molar-refractivity contribution in [1.29, 1.82) is 0 Å². The molecule has 2 atom stereocenters. The third kappa shape index (κ3) is 3.39. The zero-order chi connectivity index (χ0) is 12.4. The molecule has 0 heterocycles. The number of anilines is 1. The number of amides is 1. The van der Waals surface area contributed by atoms with Gasteiger partial charge in [0.25, 0.3) is 5.91 Å². The molecule has 1 aromatic rings. The van der Waals surface area contributed by atoms with Gasteiger partial charge >= 0.3 is 0 Å². The molecule has 1 saturated carbocycles. The number of nitrogen functional groups attached to an aromatic ring is 1. The molecule has 100 valence electrons. The number of hydrogen-bond acceptors (Lipinski definition) is 2. The van der Waals surface area contributed by atoms with E-state index in [0.717, 1.165) is 10.9 Å². The van der Waals surface area contributed by atoms with E-state index in [1.54, 1.807) is 12.1 Å². The quantitative estimate of drug-likeness (QED) is 0.815. The van der Waals surface area contributed by atoms with Crippen molar-refractivity contribution in [2.24, 2.45) is 5.92 Å². The molecule has 0 radical (unpaired) electrons. The molecule has 2 rings (SSSR count). The molecule has 0 bridgehead atoms. The number of rotatable bonds is 2. The summed E-state index contributed by atoms with van der Waals surface area (Å²) in [6, 6.07) is 5.65. The molecular formula is C13H18BrClN2O. The van der Waals surface area contributed by atoms with Crippen LogP contribution in [0.3, 0.4) is 0 Å². The number of carbonyl (C=O) groups is 1. The predicted octanol–water partition coefficient (Wildman–Crippen LogP) is 3.37. The first-order chi connectivity index (χ1) is 8.08. The van der Waals surface area contributed by atoms with Crippen LogP contribution in [0.15, 0.2) is 22.7 Å². The summed E-state index contributed by atoms with van der Waals surface area (Å²) >= 11 is 3.33. The topological polar surface area (TPSA) is 55.1 Å². The Labute approximate surface area is 122 Å². The Morgan fingerprint density at radius 1 is 1.44 bits per heavy atom. The van der Waals surface area contributed by atoms with E-state index in [1.165, 1.54) is 12.8 Å². The average Bonchev–Trinajstić information content (AvgIpc) is 2.64. The van der Waals surface area contributed by atoms with Crippen molar-refractivity contribution in [2.75, 3.05) is 5.73 Å². The second-order valence-corrected chi connectivity index (χ2v) is 5.64. The van der Waals surface area contributed by atoms with Gasteiger partial charge in [0.05, 0.1) is 5.56 Å². The van der Waals surface area contributed by atoms with Crippen LogP contribution in [0.4, 0.5) is 5.69 Å². The molecule has 18 heavy (non-hydrogen) atoms. The molecule has 1 aliphatic carbocycles. The molecule has 5 heteroatoms. The Balaban J connectivity index is 0.00000162. The van der Waals surface area contributed by atoms with Crippen molar-refractivity contribution >= 4 is 39.9 Å². The molecule has 3 nitrogen and oxygen atoms in total. The summed E-state index contributed by atoms with van der Waals surface area (Å²) in [5.41, 5.74) is 6.92. The van der Waals surface area contributed by atoms with Crippen molar-refractivity contribution < 1.29 is 4.79 Å². The van der Waals surface area contributed by atoms with Crippen LogP contribution in [0, 0.1) is 5.92 Å². The number of halogens is 2. The van der Waals surface area contributed by atoms with Crippen LogP contribution in [0.1, 0.15) is 36.5 Å². The smallest absolute Gasteiger partial charge is 0.253 e. The van der Waals surface area contributed by atoms with Crippen LogP contribution < -0.4 is 11.1 Å². The molecule has 2 unspecified atom stereocenters. The second-order valence-electron chi connectivity index (χ2n) is 4.72.